The van der Waals surface area contributed by atoms with Gasteiger partial charge in [0.15, 0.2) is 0 Å². The van der Waals surface area contributed by atoms with Gasteiger partial charge in [0.1, 0.15) is 0 Å². The Bertz CT molecular complexity index is 373. The van der Waals surface area contributed by atoms with Crippen LogP contribution in [-0.2, 0) is 0 Å². The minimum atomic E-state index is 0.470. The van der Waals surface area contributed by atoms with Crippen molar-refractivity contribution < 1.29 is 0 Å². The van der Waals surface area contributed by atoms with Crippen LogP contribution in [0.1, 0.15) is 57.6 Å². The summed E-state index contributed by atoms with van der Waals surface area (Å²) < 4.78 is 1.31. The van der Waals surface area contributed by atoms with E-state index >= 15 is 0 Å². The lowest BCUT2D eigenvalue weighted by Crippen LogP contribution is -2.23. The fourth-order valence-electron chi connectivity index (χ4n) is 3.20. The van der Waals surface area contributed by atoms with Crippen LogP contribution in [0.3, 0.4) is 0 Å². The molecule has 1 N–H and O–H groups in total. The first-order valence-electron chi connectivity index (χ1n) is 7.64. The van der Waals surface area contributed by atoms with Gasteiger partial charge in [0.05, 0.1) is 0 Å². The Kier molecular flexibility index (Phi) is 6.14. The zero-order chi connectivity index (χ0) is 13.7. The van der Waals surface area contributed by atoms with Gasteiger partial charge >= 0.3 is 0 Å². The fourth-order valence-corrected chi connectivity index (χ4v) is 3.55. The Morgan fingerprint density at radius 1 is 1.26 bits per heavy atom. The Balaban J connectivity index is 1.71. The molecule has 1 aliphatic rings. The maximum Gasteiger partial charge on any atom is 0.0291 e. The minimum Gasteiger partial charge on any atom is -0.310 e. The van der Waals surface area contributed by atoms with Gasteiger partial charge in [-0.3, -0.25) is 0 Å². The summed E-state index contributed by atoms with van der Waals surface area (Å²) in [6.45, 7) is 5.84. The van der Waals surface area contributed by atoms with Gasteiger partial charge in [-0.05, 0) is 78.4 Å². The molecule has 0 radical (unpaired) electrons. The van der Waals surface area contributed by atoms with Crippen LogP contribution in [-0.4, -0.2) is 6.54 Å². The van der Waals surface area contributed by atoms with Crippen LogP contribution in [0.4, 0.5) is 0 Å². The van der Waals surface area contributed by atoms with E-state index in [4.69, 9.17) is 0 Å². The molecule has 2 rings (SSSR count). The number of rotatable bonds is 5. The molecule has 0 saturated heterocycles. The summed E-state index contributed by atoms with van der Waals surface area (Å²) in [4.78, 5) is 0. The third-order valence-electron chi connectivity index (χ3n) is 4.42. The molecule has 2 heteroatoms. The predicted octanol–water partition coefficient (Wildman–Crippen LogP) is 5.16. The summed E-state index contributed by atoms with van der Waals surface area (Å²) in [7, 11) is 0. The molecule has 19 heavy (non-hydrogen) atoms. The topological polar surface area (TPSA) is 12.0 Å². The average Bonchev–Trinajstić information content (AvgIpc) is 2.39. The van der Waals surface area contributed by atoms with Crippen molar-refractivity contribution in [2.75, 3.05) is 6.54 Å². The van der Waals surface area contributed by atoms with Crippen LogP contribution in [0.5, 0.6) is 0 Å². The first-order chi connectivity index (χ1) is 9.15. The van der Waals surface area contributed by atoms with E-state index in [9.17, 15) is 0 Å². The van der Waals surface area contributed by atoms with Crippen molar-refractivity contribution in [3.8, 4) is 0 Å². The first-order valence-corrected chi connectivity index (χ1v) is 8.72. The standard InChI is InChI=1S/C17H26IN/c1-13-4-3-5-15(12-13)10-11-19-14(2)16-6-8-17(18)9-7-16/h6-9,13-15,19H,3-5,10-12H2,1-2H3. The molecular formula is C17H26IN. The van der Waals surface area contributed by atoms with Crippen molar-refractivity contribution in [3.05, 3.63) is 33.4 Å². The van der Waals surface area contributed by atoms with Gasteiger partial charge in [-0.15, -0.1) is 0 Å². The second kappa shape index (κ2) is 7.63. The highest BCUT2D eigenvalue weighted by atomic mass is 127. The molecule has 1 nitrogen and oxygen atoms in total. The van der Waals surface area contributed by atoms with E-state index in [0.29, 0.717) is 6.04 Å². The van der Waals surface area contributed by atoms with Crippen LogP contribution in [0.25, 0.3) is 0 Å². The van der Waals surface area contributed by atoms with Gasteiger partial charge in [-0.2, -0.15) is 0 Å². The van der Waals surface area contributed by atoms with Crippen molar-refractivity contribution in [2.24, 2.45) is 11.8 Å². The molecule has 0 amide bonds. The van der Waals surface area contributed by atoms with E-state index in [1.165, 1.54) is 41.2 Å². The van der Waals surface area contributed by atoms with Crippen LogP contribution in [0, 0.1) is 15.4 Å². The van der Waals surface area contributed by atoms with E-state index in [-0.39, 0.29) is 0 Å². The second-order valence-corrected chi connectivity index (χ2v) is 7.40. The molecule has 1 fully saturated rings. The quantitative estimate of drug-likeness (QED) is 0.705. The molecule has 0 aromatic heterocycles. The van der Waals surface area contributed by atoms with Gasteiger partial charge < -0.3 is 5.32 Å². The maximum absolute atomic E-state index is 3.68. The van der Waals surface area contributed by atoms with Gasteiger partial charge in [0, 0.05) is 9.61 Å². The van der Waals surface area contributed by atoms with E-state index < -0.39 is 0 Å². The highest BCUT2D eigenvalue weighted by molar-refractivity contribution is 14.1. The van der Waals surface area contributed by atoms with Crippen molar-refractivity contribution in [2.45, 2.75) is 52.0 Å². The average molecular weight is 371 g/mol. The number of hydrogen-bond donors (Lipinski definition) is 1. The number of halogens is 1. The monoisotopic (exact) mass is 371 g/mol. The second-order valence-electron chi connectivity index (χ2n) is 6.15. The molecule has 1 saturated carbocycles. The smallest absolute Gasteiger partial charge is 0.0291 e. The Morgan fingerprint density at radius 2 is 2.00 bits per heavy atom. The van der Waals surface area contributed by atoms with Gasteiger partial charge in [-0.1, -0.05) is 38.3 Å². The van der Waals surface area contributed by atoms with Crippen molar-refractivity contribution >= 4 is 22.6 Å². The van der Waals surface area contributed by atoms with Crippen molar-refractivity contribution in [1.82, 2.24) is 5.32 Å². The number of hydrogen-bond acceptors (Lipinski definition) is 1. The molecule has 3 unspecified atom stereocenters. The van der Waals surface area contributed by atoms with Crippen molar-refractivity contribution in [1.29, 1.82) is 0 Å². The van der Waals surface area contributed by atoms with Crippen LogP contribution >= 0.6 is 22.6 Å². The lowest BCUT2D eigenvalue weighted by molar-refractivity contribution is 0.265. The summed E-state index contributed by atoms with van der Waals surface area (Å²) in [6.07, 6.45) is 7.13. The molecule has 3 atom stereocenters. The van der Waals surface area contributed by atoms with Crippen LogP contribution in [0.2, 0.25) is 0 Å². The highest BCUT2D eigenvalue weighted by Gasteiger charge is 2.18. The van der Waals surface area contributed by atoms with Crippen molar-refractivity contribution in [3.63, 3.8) is 0 Å². The first kappa shape index (κ1) is 15.3. The third kappa shape index (κ3) is 5.07. The Hall–Kier alpha value is -0.0900. The van der Waals surface area contributed by atoms with Gasteiger partial charge in [-0.25, -0.2) is 0 Å². The predicted molar refractivity (Wildman–Crippen MR) is 91.3 cm³/mol. The molecular weight excluding hydrogens is 345 g/mol. The van der Waals surface area contributed by atoms with Gasteiger partial charge in [0.25, 0.3) is 0 Å². The van der Waals surface area contributed by atoms with Gasteiger partial charge in [0.2, 0.25) is 0 Å². The van der Waals surface area contributed by atoms with E-state index in [2.05, 4.69) is 66.0 Å². The summed E-state index contributed by atoms with van der Waals surface area (Å²) in [5.41, 5.74) is 1.40. The van der Waals surface area contributed by atoms with E-state index in [1.807, 2.05) is 0 Å². The number of benzene rings is 1. The molecule has 0 heterocycles. The molecule has 0 spiro atoms. The lowest BCUT2D eigenvalue weighted by Gasteiger charge is -2.27. The zero-order valence-corrected chi connectivity index (χ0v) is 14.3. The maximum atomic E-state index is 3.68. The third-order valence-corrected chi connectivity index (χ3v) is 5.14. The lowest BCUT2D eigenvalue weighted by atomic mass is 9.81. The minimum absolute atomic E-state index is 0.470. The normalized spacial score (nSPS) is 25.2. The number of nitrogens with one attached hydrogen (secondary N) is 1. The largest absolute Gasteiger partial charge is 0.310 e. The van der Waals surface area contributed by atoms with E-state index in [1.54, 1.807) is 0 Å². The molecule has 1 aromatic carbocycles. The van der Waals surface area contributed by atoms with Crippen LogP contribution < -0.4 is 5.32 Å². The fraction of sp³-hybridized carbons (Fsp3) is 0.647. The van der Waals surface area contributed by atoms with Crippen LogP contribution in [0.15, 0.2) is 24.3 Å². The summed E-state index contributed by atoms with van der Waals surface area (Å²) in [5, 5.41) is 3.68. The zero-order valence-electron chi connectivity index (χ0n) is 12.2. The Labute approximate surface area is 131 Å². The van der Waals surface area contributed by atoms with E-state index in [0.717, 1.165) is 18.4 Å². The SMILES string of the molecule is CC1CCCC(CCNC(C)c2ccc(I)cc2)C1. The summed E-state index contributed by atoms with van der Waals surface area (Å²) in [6, 6.07) is 9.33. The summed E-state index contributed by atoms with van der Waals surface area (Å²) in [5.74, 6) is 1.91. The molecule has 1 aromatic rings. The molecule has 106 valence electrons. The summed E-state index contributed by atoms with van der Waals surface area (Å²) >= 11 is 2.36. The Morgan fingerprint density at radius 3 is 2.68 bits per heavy atom. The molecule has 0 bridgehead atoms. The highest BCUT2D eigenvalue weighted by Crippen LogP contribution is 2.30. The molecule has 0 aliphatic heterocycles. The molecule has 1 aliphatic carbocycles.